The van der Waals surface area contributed by atoms with E-state index in [0.29, 0.717) is 30.9 Å². The van der Waals surface area contributed by atoms with Gasteiger partial charge < -0.3 is 9.88 Å². The van der Waals surface area contributed by atoms with E-state index in [2.05, 4.69) is 10.3 Å². The largest absolute Gasteiger partial charge is 0.352 e. The van der Waals surface area contributed by atoms with Crippen LogP contribution in [0.3, 0.4) is 0 Å². The van der Waals surface area contributed by atoms with Crippen LogP contribution in [-0.2, 0) is 24.3 Å². The topological polar surface area (TPSA) is 46.9 Å². The van der Waals surface area contributed by atoms with E-state index >= 15 is 0 Å². The lowest BCUT2D eigenvalue weighted by atomic mass is 10.1. The highest BCUT2D eigenvalue weighted by Gasteiger charge is 2.14. The molecule has 0 aliphatic carbocycles. The molecule has 0 saturated heterocycles. The van der Waals surface area contributed by atoms with Crippen LogP contribution in [0.25, 0.3) is 11.0 Å². The Hall–Kier alpha value is -3.54. The molecule has 1 aromatic heterocycles. The second-order valence-corrected chi connectivity index (χ2v) is 7.09. The molecule has 1 amide bonds. The third kappa shape index (κ3) is 4.54. The Labute approximate surface area is 173 Å². The molecule has 152 valence electrons. The molecule has 0 aliphatic heterocycles. The Morgan fingerprint density at radius 1 is 0.933 bits per heavy atom. The molecule has 0 radical (unpaired) electrons. The van der Waals surface area contributed by atoms with Crippen molar-refractivity contribution in [2.24, 2.45) is 0 Å². The monoisotopic (exact) mass is 405 g/mol. The molecule has 0 bridgehead atoms. The number of imidazole rings is 1. The maximum atomic E-state index is 14.1. The number of nitrogens with one attached hydrogen (secondary N) is 1. The molecular formula is C24H21F2N3O. The smallest absolute Gasteiger partial charge is 0.222 e. The van der Waals surface area contributed by atoms with Gasteiger partial charge in [0.25, 0.3) is 0 Å². The van der Waals surface area contributed by atoms with Crippen LogP contribution < -0.4 is 5.32 Å². The molecule has 0 fully saturated rings. The minimum absolute atomic E-state index is 0.117. The summed E-state index contributed by atoms with van der Waals surface area (Å²) in [5.41, 5.74) is 3.12. The number of hydrogen-bond acceptors (Lipinski definition) is 2. The van der Waals surface area contributed by atoms with Crippen LogP contribution in [0, 0.1) is 11.6 Å². The van der Waals surface area contributed by atoms with Crippen molar-refractivity contribution in [1.82, 2.24) is 14.9 Å². The third-order valence-electron chi connectivity index (χ3n) is 5.01. The molecule has 6 heteroatoms. The Balaban J connectivity index is 1.48. The van der Waals surface area contributed by atoms with E-state index in [4.69, 9.17) is 0 Å². The molecule has 1 N–H and O–H groups in total. The van der Waals surface area contributed by atoms with E-state index < -0.39 is 0 Å². The summed E-state index contributed by atoms with van der Waals surface area (Å²) in [4.78, 5) is 17.0. The average Bonchev–Trinajstić information content (AvgIpc) is 3.10. The highest BCUT2D eigenvalue weighted by molar-refractivity contribution is 5.78. The van der Waals surface area contributed by atoms with Gasteiger partial charge in [0.1, 0.15) is 17.5 Å². The van der Waals surface area contributed by atoms with Crippen molar-refractivity contribution < 1.29 is 13.6 Å². The van der Waals surface area contributed by atoms with Crippen molar-refractivity contribution in [3.05, 3.63) is 101 Å². The predicted molar refractivity (Wildman–Crippen MR) is 112 cm³/mol. The fourth-order valence-corrected chi connectivity index (χ4v) is 3.43. The van der Waals surface area contributed by atoms with Gasteiger partial charge in [0.15, 0.2) is 0 Å². The normalized spacial score (nSPS) is 11.0. The number of para-hydroxylation sites is 2. The predicted octanol–water partition coefficient (Wildman–Crippen LogP) is 4.61. The number of nitrogens with zero attached hydrogens (tertiary/aromatic N) is 2. The third-order valence-corrected chi connectivity index (χ3v) is 5.01. The molecule has 0 spiro atoms. The van der Waals surface area contributed by atoms with Crippen LogP contribution in [0.4, 0.5) is 8.78 Å². The summed E-state index contributed by atoms with van der Waals surface area (Å²) in [7, 11) is 0. The van der Waals surface area contributed by atoms with E-state index in [1.807, 2.05) is 28.8 Å². The molecule has 1 heterocycles. The standard InChI is InChI=1S/C24H21F2N3O/c25-19-11-9-17(10-12-19)16-27-24(30)13-14-29-22-8-4-3-7-21(22)28-23(29)15-18-5-1-2-6-20(18)26/h1-12H,13-16H2,(H,27,30). The molecule has 0 unspecified atom stereocenters. The summed E-state index contributed by atoms with van der Waals surface area (Å²) in [6, 6.07) is 20.3. The molecule has 4 aromatic rings. The summed E-state index contributed by atoms with van der Waals surface area (Å²) in [5.74, 6) is 0.0224. The van der Waals surface area contributed by atoms with Crippen LogP contribution in [0.1, 0.15) is 23.4 Å². The highest BCUT2D eigenvalue weighted by Crippen LogP contribution is 2.20. The summed E-state index contributed by atoms with van der Waals surface area (Å²) in [5, 5.41) is 2.85. The summed E-state index contributed by atoms with van der Waals surface area (Å²) >= 11 is 0. The zero-order chi connectivity index (χ0) is 20.9. The number of halogens is 2. The molecule has 4 nitrogen and oxygen atoms in total. The molecule has 30 heavy (non-hydrogen) atoms. The van der Waals surface area contributed by atoms with E-state index in [1.54, 1.807) is 30.3 Å². The summed E-state index contributed by atoms with van der Waals surface area (Å²) in [6.07, 6.45) is 0.602. The van der Waals surface area contributed by atoms with Gasteiger partial charge in [-0.05, 0) is 41.5 Å². The van der Waals surface area contributed by atoms with E-state index in [0.717, 1.165) is 16.6 Å². The number of carbonyl (C=O) groups is 1. The minimum atomic E-state index is -0.306. The molecular weight excluding hydrogens is 384 g/mol. The van der Waals surface area contributed by atoms with Gasteiger partial charge >= 0.3 is 0 Å². The number of hydrogen-bond donors (Lipinski definition) is 1. The lowest BCUT2D eigenvalue weighted by molar-refractivity contribution is -0.121. The van der Waals surface area contributed by atoms with Crippen molar-refractivity contribution >= 4 is 16.9 Å². The van der Waals surface area contributed by atoms with Gasteiger partial charge in [-0.15, -0.1) is 0 Å². The first-order valence-corrected chi connectivity index (χ1v) is 9.79. The van der Waals surface area contributed by atoms with Crippen molar-refractivity contribution in [2.75, 3.05) is 0 Å². The van der Waals surface area contributed by atoms with Crippen LogP contribution in [0.5, 0.6) is 0 Å². The number of fused-ring (bicyclic) bond motifs is 1. The van der Waals surface area contributed by atoms with E-state index in [-0.39, 0.29) is 24.0 Å². The molecule has 0 aliphatic rings. The van der Waals surface area contributed by atoms with Crippen LogP contribution >= 0.6 is 0 Å². The highest BCUT2D eigenvalue weighted by atomic mass is 19.1. The fraction of sp³-hybridized carbons (Fsp3) is 0.167. The quantitative estimate of drug-likeness (QED) is 0.488. The molecule has 0 saturated carbocycles. The van der Waals surface area contributed by atoms with Crippen molar-refractivity contribution in [3.8, 4) is 0 Å². The maximum Gasteiger partial charge on any atom is 0.222 e. The van der Waals surface area contributed by atoms with Gasteiger partial charge in [-0.1, -0.05) is 42.5 Å². The SMILES string of the molecule is O=C(CCn1c(Cc2ccccc2F)nc2ccccc21)NCc1ccc(F)cc1. The maximum absolute atomic E-state index is 14.1. The Kier molecular flexibility index (Phi) is 5.84. The first kappa shape index (κ1) is 19.8. The number of aromatic nitrogens is 2. The van der Waals surface area contributed by atoms with Crippen molar-refractivity contribution in [1.29, 1.82) is 0 Å². The van der Waals surface area contributed by atoms with Crippen LogP contribution in [-0.4, -0.2) is 15.5 Å². The van der Waals surface area contributed by atoms with Crippen molar-refractivity contribution in [3.63, 3.8) is 0 Å². The number of rotatable bonds is 7. The van der Waals surface area contributed by atoms with Gasteiger partial charge in [-0.3, -0.25) is 4.79 Å². The Morgan fingerprint density at radius 3 is 2.47 bits per heavy atom. The first-order chi connectivity index (χ1) is 14.6. The van der Waals surface area contributed by atoms with Gasteiger partial charge in [0.05, 0.1) is 11.0 Å². The fourth-order valence-electron chi connectivity index (χ4n) is 3.43. The summed E-state index contributed by atoms with van der Waals surface area (Å²) < 4.78 is 29.1. The molecule has 3 aromatic carbocycles. The zero-order valence-electron chi connectivity index (χ0n) is 16.3. The van der Waals surface area contributed by atoms with Gasteiger partial charge in [0.2, 0.25) is 5.91 Å². The second-order valence-electron chi connectivity index (χ2n) is 7.09. The summed E-state index contributed by atoms with van der Waals surface area (Å²) in [6.45, 7) is 0.769. The van der Waals surface area contributed by atoms with E-state index in [9.17, 15) is 13.6 Å². The number of carbonyl (C=O) groups excluding carboxylic acids is 1. The second kappa shape index (κ2) is 8.86. The number of benzene rings is 3. The number of aryl methyl sites for hydroxylation is 1. The van der Waals surface area contributed by atoms with Gasteiger partial charge in [-0.2, -0.15) is 0 Å². The van der Waals surface area contributed by atoms with Crippen LogP contribution in [0.15, 0.2) is 72.8 Å². The Morgan fingerprint density at radius 2 is 1.67 bits per heavy atom. The first-order valence-electron chi connectivity index (χ1n) is 9.79. The number of amides is 1. The lowest BCUT2D eigenvalue weighted by Crippen LogP contribution is -2.24. The van der Waals surface area contributed by atoms with Gasteiger partial charge in [0, 0.05) is 25.9 Å². The molecule has 4 rings (SSSR count). The zero-order valence-corrected chi connectivity index (χ0v) is 16.3. The lowest BCUT2D eigenvalue weighted by Gasteiger charge is -2.10. The minimum Gasteiger partial charge on any atom is -0.352 e. The molecule has 0 atom stereocenters. The average molecular weight is 405 g/mol. The Bertz CT molecular complexity index is 1170. The van der Waals surface area contributed by atoms with Crippen molar-refractivity contribution in [2.45, 2.75) is 25.9 Å². The van der Waals surface area contributed by atoms with Crippen LogP contribution in [0.2, 0.25) is 0 Å². The van der Waals surface area contributed by atoms with E-state index in [1.165, 1.54) is 18.2 Å². The van der Waals surface area contributed by atoms with Gasteiger partial charge in [-0.25, -0.2) is 13.8 Å².